The van der Waals surface area contributed by atoms with E-state index in [1.165, 1.54) is 10.9 Å². The lowest BCUT2D eigenvalue weighted by Gasteiger charge is -2.37. The van der Waals surface area contributed by atoms with Crippen LogP contribution in [0.15, 0.2) is 36.5 Å². The molecule has 6 nitrogen and oxygen atoms in total. The first kappa shape index (κ1) is 20.9. The van der Waals surface area contributed by atoms with Crippen LogP contribution in [-0.4, -0.2) is 82.2 Å². The normalized spacial score (nSPS) is 21.3. The number of nitrogens with zero attached hydrogens (tertiary/aromatic N) is 5. The number of likely N-dealkylation sites (N-methyl/N-ethyl adjacent to an activating group) is 1. The molecule has 9 heteroatoms. The second-order valence-electron chi connectivity index (χ2n) is 7.85. The maximum Gasteiger partial charge on any atom is 0.435 e. The minimum Gasteiger partial charge on any atom is -0.337 e. The Morgan fingerprint density at radius 2 is 1.77 bits per heavy atom. The maximum atomic E-state index is 12.9. The van der Waals surface area contributed by atoms with Crippen molar-refractivity contribution in [1.82, 2.24) is 24.5 Å². The summed E-state index contributed by atoms with van der Waals surface area (Å²) < 4.78 is 39.4. The van der Waals surface area contributed by atoms with Gasteiger partial charge in [0.25, 0.3) is 5.91 Å². The van der Waals surface area contributed by atoms with Crippen molar-refractivity contribution in [1.29, 1.82) is 0 Å². The number of carbonyl (C=O) groups excluding carboxylic acids is 1. The number of amides is 1. The van der Waals surface area contributed by atoms with E-state index in [1.807, 2.05) is 4.90 Å². The van der Waals surface area contributed by atoms with Gasteiger partial charge in [0.2, 0.25) is 0 Å². The summed E-state index contributed by atoms with van der Waals surface area (Å²) in [7, 11) is 0. The first-order chi connectivity index (χ1) is 14.3. The predicted octanol–water partition coefficient (Wildman–Crippen LogP) is 2.74. The molecule has 3 heterocycles. The fourth-order valence-electron chi connectivity index (χ4n) is 4.23. The minimum absolute atomic E-state index is 0.0345. The third-order valence-corrected chi connectivity index (χ3v) is 6.08. The molecule has 0 saturated carbocycles. The summed E-state index contributed by atoms with van der Waals surface area (Å²) in [4.78, 5) is 19.7. The number of hydrogen-bond donors (Lipinski definition) is 0. The van der Waals surface area contributed by atoms with Crippen LogP contribution >= 0.6 is 0 Å². The lowest BCUT2D eigenvalue weighted by molar-refractivity contribution is -0.141. The molecule has 1 unspecified atom stereocenters. The molecule has 2 aromatic rings. The molecule has 162 valence electrons. The molecule has 4 rings (SSSR count). The number of halogens is 3. The van der Waals surface area contributed by atoms with E-state index in [9.17, 15) is 18.0 Å². The summed E-state index contributed by atoms with van der Waals surface area (Å²) in [5.74, 6) is -0.0345. The quantitative estimate of drug-likeness (QED) is 0.762. The van der Waals surface area contributed by atoms with E-state index >= 15 is 0 Å². The Balaban J connectivity index is 1.37. The van der Waals surface area contributed by atoms with Crippen LogP contribution < -0.4 is 0 Å². The fraction of sp³-hybridized carbons (Fsp3) is 0.524. The number of benzene rings is 1. The first-order valence-electron chi connectivity index (χ1n) is 10.3. The average Bonchev–Trinajstić information content (AvgIpc) is 3.43. The summed E-state index contributed by atoms with van der Waals surface area (Å²) >= 11 is 0. The molecule has 2 saturated heterocycles. The van der Waals surface area contributed by atoms with Crippen molar-refractivity contribution in [2.45, 2.75) is 25.6 Å². The molecule has 1 aromatic carbocycles. The Morgan fingerprint density at radius 1 is 1.07 bits per heavy atom. The van der Waals surface area contributed by atoms with Gasteiger partial charge in [-0.15, -0.1) is 0 Å². The van der Waals surface area contributed by atoms with Crippen molar-refractivity contribution >= 4 is 5.91 Å². The highest BCUT2D eigenvalue weighted by molar-refractivity contribution is 5.94. The van der Waals surface area contributed by atoms with E-state index in [0.29, 0.717) is 17.3 Å². The highest BCUT2D eigenvalue weighted by Gasteiger charge is 2.34. The lowest BCUT2D eigenvalue weighted by atomic mass is 10.1. The summed E-state index contributed by atoms with van der Waals surface area (Å²) in [5.41, 5.74) is 0.0825. The Bertz CT molecular complexity index is 872. The van der Waals surface area contributed by atoms with Gasteiger partial charge in [-0.3, -0.25) is 9.69 Å². The van der Waals surface area contributed by atoms with Crippen molar-refractivity contribution in [3.63, 3.8) is 0 Å². The van der Waals surface area contributed by atoms with Crippen LogP contribution in [0.1, 0.15) is 29.4 Å². The summed E-state index contributed by atoms with van der Waals surface area (Å²) in [6.45, 7) is 8.94. The van der Waals surface area contributed by atoms with Gasteiger partial charge >= 0.3 is 6.18 Å². The first-order valence-corrected chi connectivity index (χ1v) is 10.3. The van der Waals surface area contributed by atoms with Crippen molar-refractivity contribution in [3.8, 4) is 5.69 Å². The van der Waals surface area contributed by atoms with Crippen LogP contribution in [0.25, 0.3) is 5.69 Å². The van der Waals surface area contributed by atoms with Gasteiger partial charge in [-0.2, -0.15) is 18.3 Å². The molecule has 30 heavy (non-hydrogen) atoms. The monoisotopic (exact) mass is 421 g/mol. The van der Waals surface area contributed by atoms with Crippen molar-refractivity contribution in [2.24, 2.45) is 0 Å². The van der Waals surface area contributed by atoms with Crippen LogP contribution in [0.4, 0.5) is 13.2 Å². The molecule has 0 aliphatic carbocycles. The van der Waals surface area contributed by atoms with Crippen LogP contribution in [0.5, 0.6) is 0 Å². The third kappa shape index (κ3) is 4.37. The minimum atomic E-state index is -4.48. The highest BCUT2D eigenvalue weighted by atomic mass is 19.4. The van der Waals surface area contributed by atoms with Gasteiger partial charge in [-0.25, -0.2) is 4.68 Å². The standard InChI is InChI=1S/C21H26F3N5O/c1-2-26-11-13-27(14-12-26)18-7-9-28(15-18)20(30)16-3-5-17(6-4-16)29-10-8-19(25-29)21(22,23)24/h3-6,8,10,18H,2,7,9,11-15H2,1H3. The lowest BCUT2D eigenvalue weighted by Crippen LogP contribution is -2.51. The van der Waals surface area contributed by atoms with Gasteiger partial charge in [-0.05, 0) is 43.3 Å². The second kappa shape index (κ2) is 8.39. The molecular formula is C21H26F3N5O. The zero-order valence-electron chi connectivity index (χ0n) is 17.0. The smallest absolute Gasteiger partial charge is 0.337 e. The Labute approximate surface area is 173 Å². The van der Waals surface area contributed by atoms with E-state index in [-0.39, 0.29) is 5.91 Å². The molecule has 0 bridgehead atoms. The summed E-state index contributed by atoms with van der Waals surface area (Å²) in [5, 5.41) is 3.56. The zero-order valence-corrected chi connectivity index (χ0v) is 17.0. The molecule has 2 fully saturated rings. The Hall–Kier alpha value is -2.39. The van der Waals surface area contributed by atoms with Crippen LogP contribution in [0, 0.1) is 0 Å². The Morgan fingerprint density at radius 3 is 2.37 bits per heavy atom. The molecule has 2 aliphatic heterocycles. The molecule has 2 aliphatic rings. The number of aromatic nitrogens is 2. The van der Waals surface area contributed by atoms with E-state index < -0.39 is 11.9 Å². The van der Waals surface area contributed by atoms with Crippen LogP contribution in [0.3, 0.4) is 0 Å². The highest BCUT2D eigenvalue weighted by Crippen LogP contribution is 2.28. The number of hydrogen-bond acceptors (Lipinski definition) is 4. The van der Waals surface area contributed by atoms with E-state index in [2.05, 4.69) is 21.8 Å². The van der Waals surface area contributed by atoms with Crippen LogP contribution in [0.2, 0.25) is 0 Å². The Kier molecular flexibility index (Phi) is 5.84. The van der Waals surface area contributed by atoms with Gasteiger partial charge in [-0.1, -0.05) is 6.92 Å². The summed E-state index contributed by atoms with van der Waals surface area (Å²) in [6, 6.07) is 7.89. The largest absolute Gasteiger partial charge is 0.435 e. The van der Waals surface area contributed by atoms with E-state index in [4.69, 9.17) is 0 Å². The number of carbonyl (C=O) groups is 1. The number of piperazine rings is 1. The van der Waals surface area contributed by atoms with Crippen molar-refractivity contribution in [2.75, 3.05) is 45.8 Å². The van der Waals surface area contributed by atoms with E-state index in [1.54, 1.807) is 24.3 Å². The molecular weight excluding hydrogens is 395 g/mol. The molecule has 0 radical (unpaired) electrons. The second-order valence-corrected chi connectivity index (χ2v) is 7.85. The van der Waals surface area contributed by atoms with E-state index in [0.717, 1.165) is 58.3 Å². The van der Waals surface area contributed by atoms with Gasteiger partial charge in [0, 0.05) is 57.1 Å². The maximum absolute atomic E-state index is 12.9. The van der Waals surface area contributed by atoms with Crippen LogP contribution in [-0.2, 0) is 6.18 Å². The van der Waals surface area contributed by atoms with Crippen molar-refractivity contribution in [3.05, 3.63) is 47.8 Å². The van der Waals surface area contributed by atoms with Gasteiger partial charge in [0.05, 0.1) is 5.69 Å². The van der Waals surface area contributed by atoms with Gasteiger partial charge < -0.3 is 9.80 Å². The SMILES string of the molecule is CCN1CCN(C2CCN(C(=O)c3ccc(-n4ccc(C(F)(F)F)n4)cc3)C2)CC1. The summed E-state index contributed by atoms with van der Waals surface area (Å²) in [6.07, 6.45) is -2.23. The average molecular weight is 421 g/mol. The molecule has 1 atom stereocenters. The topological polar surface area (TPSA) is 44.6 Å². The number of rotatable bonds is 4. The molecule has 1 amide bonds. The molecule has 1 aromatic heterocycles. The number of likely N-dealkylation sites (tertiary alicyclic amines) is 1. The molecule has 0 spiro atoms. The van der Waals surface area contributed by atoms with Gasteiger partial charge in [0.15, 0.2) is 5.69 Å². The molecule has 0 N–H and O–H groups in total. The number of alkyl halides is 3. The third-order valence-electron chi connectivity index (χ3n) is 6.08. The zero-order chi connectivity index (χ0) is 21.3. The fourth-order valence-corrected chi connectivity index (χ4v) is 4.23. The predicted molar refractivity (Wildman–Crippen MR) is 107 cm³/mol. The van der Waals surface area contributed by atoms with Crippen molar-refractivity contribution < 1.29 is 18.0 Å². The van der Waals surface area contributed by atoms with Gasteiger partial charge in [0.1, 0.15) is 0 Å².